The van der Waals surface area contributed by atoms with Gasteiger partial charge in [-0.05, 0) is 0 Å². The molecule has 13 heavy (non-hydrogen) atoms. The van der Waals surface area contributed by atoms with Gasteiger partial charge in [0.25, 0.3) is 0 Å². The lowest BCUT2D eigenvalue weighted by atomic mass is 9.92. The molecule has 74 valence electrons. The zero-order chi connectivity index (χ0) is 10.0. The van der Waals surface area contributed by atoms with Crippen LogP contribution in [0.3, 0.4) is 0 Å². The summed E-state index contributed by atoms with van der Waals surface area (Å²) in [4.78, 5) is 0. The van der Waals surface area contributed by atoms with Gasteiger partial charge < -0.3 is 20.9 Å². The van der Waals surface area contributed by atoms with Crippen LogP contribution in [0.15, 0.2) is 23.3 Å². The minimum absolute atomic E-state index is 0.0601. The van der Waals surface area contributed by atoms with E-state index in [0.717, 1.165) is 5.76 Å². The number of nitrogens with two attached hydrogens (primary N) is 2. The second-order valence-corrected chi connectivity index (χ2v) is 3.10. The van der Waals surface area contributed by atoms with Gasteiger partial charge in [0.1, 0.15) is 5.76 Å². The van der Waals surface area contributed by atoms with Crippen LogP contribution in [0.1, 0.15) is 6.92 Å². The van der Waals surface area contributed by atoms with Crippen molar-refractivity contribution < 1.29 is 9.47 Å². The van der Waals surface area contributed by atoms with Gasteiger partial charge in [0.05, 0.1) is 20.3 Å². The first-order chi connectivity index (χ1) is 6.11. The average Bonchev–Trinajstić information content (AvgIpc) is 2.13. The van der Waals surface area contributed by atoms with Gasteiger partial charge in [-0.1, -0.05) is 6.92 Å². The van der Waals surface area contributed by atoms with E-state index in [-0.39, 0.29) is 12.0 Å². The molecule has 0 aromatic carbocycles. The van der Waals surface area contributed by atoms with E-state index >= 15 is 0 Å². The van der Waals surface area contributed by atoms with Gasteiger partial charge in [-0.3, -0.25) is 0 Å². The molecule has 1 aliphatic rings. The van der Waals surface area contributed by atoms with Gasteiger partial charge >= 0.3 is 0 Å². The topological polar surface area (TPSA) is 70.5 Å². The highest BCUT2D eigenvalue weighted by Crippen LogP contribution is 2.27. The molecule has 2 atom stereocenters. The van der Waals surface area contributed by atoms with Crippen LogP contribution in [-0.4, -0.2) is 20.3 Å². The van der Waals surface area contributed by atoms with E-state index in [0.29, 0.717) is 11.5 Å². The Labute approximate surface area is 78.2 Å². The maximum Gasteiger partial charge on any atom is 0.158 e. The highest BCUT2D eigenvalue weighted by molar-refractivity contribution is 5.31. The molecule has 4 nitrogen and oxygen atoms in total. The molecule has 2 unspecified atom stereocenters. The first kappa shape index (κ1) is 9.92. The lowest BCUT2D eigenvalue weighted by molar-refractivity contribution is 0.188. The fourth-order valence-electron chi connectivity index (χ4n) is 1.44. The Morgan fingerprint density at radius 2 is 1.92 bits per heavy atom. The minimum atomic E-state index is -0.186. The third-order valence-electron chi connectivity index (χ3n) is 2.32. The van der Waals surface area contributed by atoms with E-state index in [4.69, 9.17) is 20.9 Å². The van der Waals surface area contributed by atoms with Crippen LogP contribution in [0, 0.1) is 5.92 Å². The first-order valence-corrected chi connectivity index (χ1v) is 4.16. The quantitative estimate of drug-likeness (QED) is 0.648. The molecule has 0 heterocycles. The van der Waals surface area contributed by atoms with E-state index in [1.54, 1.807) is 20.3 Å². The summed E-state index contributed by atoms with van der Waals surface area (Å²) < 4.78 is 10.3. The van der Waals surface area contributed by atoms with Crippen LogP contribution in [0.25, 0.3) is 0 Å². The summed E-state index contributed by atoms with van der Waals surface area (Å²) in [5, 5.41) is 0. The molecule has 0 radical (unpaired) electrons. The van der Waals surface area contributed by atoms with Crippen molar-refractivity contribution in [3.05, 3.63) is 23.3 Å². The van der Waals surface area contributed by atoms with Gasteiger partial charge in [0, 0.05) is 17.7 Å². The lowest BCUT2D eigenvalue weighted by Gasteiger charge is -2.27. The van der Waals surface area contributed by atoms with Crippen molar-refractivity contribution in [2.45, 2.75) is 13.0 Å². The molecule has 0 aromatic rings. The highest BCUT2D eigenvalue weighted by atomic mass is 16.5. The standard InChI is InChI=1S/C9H16N2O2/c1-5-8(11)6(10)4-7(12-2)9(5)13-3/h4-5,8H,10-11H2,1-3H3. The highest BCUT2D eigenvalue weighted by Gasteiger charge is 2.27. The van der Waals surface area contributed by atoms with Crippen molar-refractivity contribution in [3.63, 3.8) is 0 Å². The van der Waals surface area contributed by atoms with Crippen molar-refractivity contribution >= 4 is 0 Å². The summed E-state index contributed by atoms with van der Waals surface area (Å²) in [5.41, 5.74) is 12.2. The van der Waals surface area contributed by atoms with Crippen molar-refractivity contribution in [2.75, 3.05) is 14.2 Å². The third kappa shape index (κ3) is 1.62. The molecule has 1 rings (SSSR count). The summed E-state index contributed by atoms with van der Waals surface area (Å²) in [6.07, 6.45) is 1.71. The normalized spacial score (nSPS) is 28.5. The summed E-state index contributed by atoms with van der Waals surface area (Å²) >= 11 is 0. The fourth-order valence-corrected chi connectivity index (χ4v) is 1.44. The molecule has 0 spiro atoms. The molecule has 0 saturated carbocycles. The maximum absolute atomic E-state index is 5.84. The Hall–Kier alpha value is -1.16. The monoisotopic (exact) mass is 184 g/mol. The molecule has 0 bridgehead atoms. The van der Waals surface area contributed by atoms with Crippen molar-refractivity contribution in [1.29, 1.82) is 0 Å². The van der Waals surface area contributed by atoms with E-state index < -0.39 is 0 Å². The smallest absolute Gasteiger partial charge is 0.158 e. The summed E-state index contributed by atoms with van der Waals surface area (Å²) in [5.74, 6) is 1.48. The third-order valence-corrected chi connectivity index (χ3v) is 2.32. The lowest BCUT2D eigenvalue weighted by Crippen LogP contribution is -2.38. The van der Waals surface area contributed by atoms with Crippen molar-refractivity contribution in [2.24, 2.45) is 17.4 Å². The molecular formula is C9H16N2O2. The van der Waals surface area contributed by atoms with E-state index in [9.17, 15) is 0 Å². The number of ether oxygens (including phenoxy) is 2. The molecule has 4 N–H and O–H groups in total. The number of rotatable bonds is 2. The number of hydrogen-bond donors (Lipinski definition) is 2. The zero-order valence-electron chi connectivity index (χ0n) is 8.20. The van der Waals surface area contributed by atoms with Gasteiger partial charge in [-0.15, -0.1) is 0 Å². The number of methoxy groups -OCH3 is 2. The van der Waals surface area contributed by atoms with Crippen LogP contribution in [0.5, 0.6) is 0 Å². The Bertz CT molecular complexity index is 258. The van der Waals surface area contributed by atoms with Gasteiger partial charge in [-0.25, -0.2) is 0 Å². The van der Waals surface area contributed by atoms with Crippen LogP contribution in [0.4, 0.5) is 0 Å². The summed E-state index contributed by atoms with van der Waals surface area (Å²) in [6.45, 7) is 1.96. The largest absolute Gasteiger partial charge is 0.497 e. The van der Waals surface area contributed by atoms with E-state index in [2.05, 4.69) is 0 Å². The van der Waals surface area contributed by atoms with Crippen LogP contribution in [-0.2, 0) is 9.47 Å². The predicted octanol–water partition coefficient (Wildman–Crippen LogP) is 0.310. The Balaban J connectivity index is 3.05. The minimum Gasteiger partial charge on any atom is -0.497 e. The van der Waals surface area contributed by atoms with Crippen LogP contribution >= 0.6 is 0 Å². The SMILES string of the molecule is COC1=C(OC)C(C)C(N)C(N)=C1. The number of allylic oxidation sites excluding steroid dienone is 1. The first-order valence-electron chi connectivity index (χ1n) is 4.16. The maximum atomic E-state index is 5.84. The second kappa shape index (κ2) is 3.70. The fraction of sp³-hybridized carbons (Fsp3) is 0.556. The van der Waals surface area contributed by atoms with E-state index in [1.165, 1.54) is 0 Å². The van der Waals surface area contributed by atoms with E-state index in [1.807, 2.05) is 6.92 Å². The summed E-state index contributed by atoms with van der Waals surface area (Å²) in [6, 6.07) is -0.186. The molecule has 0 amide bonds. The van der Waals surface area contributed by atoms with Crippen molar-refractivity contribution in [1.82, 2.24) is 0 Å². The predicted molar refractivity (Wildman–Crippen MR) is 50.5 cm³/mol. The van der Waals surface area contributed by atoms with Gasteiger partial charge in [-0.2, -0.15) is 0 Å². The molecule has 4 heteroatoms. The Morgan fingerprint density at radius 1 is 1.31 bits per heavy atom. The molecule has 0 aromatic heterocycles. The second-order valence-electron chi connectivity index (χ2n) is 3.10. The summed E-state index contributed by atoms with van der Waals surface area (Å²) in [7, 11) is 3.19. The molecule has 0 fully saturated rings. The average molecular weight is 184 g/mol. The molecule has 0 saturated heterocycles. The zero-order valence-corrected chi connectivity index (χ0v) is 8.20. The Morgan fingerprint density at radius 3 is 2.38 bits per heavy atom. The van der Waals surface area contributed by atoms with Crippen molar-refractivity contribution in [3.8, 4) is 0 Å². The van der Waals surface area contributed by atoms with Gasteiger partial charge in [0.2, 0.25) is 0 Å². The van der Waals surface area contributed by atoms with Gasteiger partial charge in [0.15, 0.2) is 5.76 Å². The van der Waals surface area contributed by atoms with Crippen LogP contribution < -0.4 is 11.5 Å². The molecule has 1 aliphatic carbocycles. The number of hydrogen-bond acceptors (Lipinski definition) is 4. The van der Waals surface area contributed by atoms with Crippen LogP contribution in [0.2, 0.25) is 0 Å². The molecule has 0 aliphatic heterocycles. The Kier molecular flexibility index (Phi) is 2.83. The molecular weight excluding hydrogens is 168 g/mol.